The highest BCUT2D eigenvalue weighted by Gasteiger charge is 2.34. The summed E-state index contributed by atoms with van der Waals surface area (Å²) in [5.41, 5.74) is 4.07. The number of carbonyl (C=O) groups excluding carboxylic acids is 3. The smallest absolute Gasteiger partial charge is 0.312 e. The molecule has 5 nitrogen and oxygen atoms in total. The van der Waals surface area contributed by atoms with Gasteiger partial charge in [0.15, 0.2) is 0 Å². The Balaban J connectivity index is 1.57. The van der Waals surface area contributed by atoms with Crippen LogP contribution in [0.25, 0.3) is 0 Å². The molecule has 1 aliphatic carbocycles. The SMILES string of the molecule is COC(=O)C(C)c1ccc(CC2CCC(Cc3ccc(C(C)C(=O)OC)cc3)C2=O)cc1. The Morgan fingerprint density at radius 1 is 0.750 bits per heavy atom. The Morgan fingerprint density at radius 2 is 1.09 bits per heavy atom. The summed E-state index contributed by atoms with van der Waals surface area (Å²) in [6.07, 6.45) is 3.28. The summed E-state index contributed by atoms with van der Waals surface area (Å²) in [5.74, 6) is -0.671. The number of carbonyl (C=O) groups is 3. The van der Waals surface area contributed by atoms with Gasteiger partial charge in [-0.05, 0) is 61.8 Å². The van der Waals surface area contributed by atoms with Crippen LogP contribution in [0.5, 0.6) is 0 Å². The molecule has 170 valence electrons. The van der Waals surface area contributed by atoms with Crippen molar-refractivity contribution < 1.29 is 23.9 Å². The molecule has 1 saturated carbocycles. The van der Waals surface area contributed by atoms with E-state index in [1.165, 1.54) is 14.2 Å². The molecule has 5 heteroatoms. The molecule has 3 rings (SSSR count). The molecule has 0 heterocycles. The molecule has 4 atom stereocenters. The van der Waals surface area contributed by atoms with Crippen LogP contribution in [0.1, 0.15) is 60.8 Å². The fourth-order valence-electron chi connectivity index (χ4n) is 4.51. The fourth-order valence-corrected chi connectivity index (χ4v) is 4.51. The Bertz CT molecular complexity index is 868. The van der Waals surface area contributed by atoms with E-state index < -0.39 is 0 Å². The van der Waals surface area contributed by atoms with Gasteiger partial charge < -0.3 is 9.47 Å². The topological polar surface area (TPSA) is 69.7 Å². The molecule has 0 radical (unpaired) electrons. The van der Waals surface area contributed by atoms with Crippen LogP contribution in [0, 0.1) is 11.8 Å². The van der Waals surface area contributed by atoms with Crippen molar-refractivity contribution in [3.05, 3.63) is 70.8 Å². The highest BCUT2D eigenvalue weighted by atomic mass is 16.5. The Labute approximate surface area is 190 Å². The molecule has 0 amide bonds. The molecule has 0 aromatic heterocycles. The predicted octanol–water partition coefficient (Wildman–Crippen LogP) is 4.62. The molecule has 0 saturated heterocycles. The van der Waals surface area contributed by atoms with Crippen molar-refractivity contribution in [2.75, 3.05) is 14.2 Å². The third-order valence-electron chi connectivity index (χ3n) is 6.70. The van der Waals surface area contributed by atoms with E-state index in [2.05, 4.69) is 0 Å². The van der Waals surface area contributed by atoms with Gasteiger partial charge in [-0.1, -0.05) is 48.5 Å². The van der Waals surface area contributed by atoms with Crippen LogP contribution in [0.3, 0.4) is 0 Å². The van der Waals surface area contributed by atoms with Gasteiger partial charge in [0.2, 0.25) is 0 Å². The van der Waals surface area contributed by atoms with Crippen molar-refractivity contribution in [1.82, 2.24) is 0 Å². The third-order valence-corrected chi connectivity index (χ3v) is 6.70. The maximum absolute atomic E-state index is 13.0. The van der Waals surface area contributed by atoms with Crippen molar-refractivity contribution in [3.63, 3.8) is 0 Å². The van der Waals surface area contributed by atoms with Crippen molar-refractivity contribution in [2.24, 2.45) is 11.8 Å². The summed E-state index contributed by atoms with van der Waals surface area (Å²) < 4.78 is 9.62. The van der Waals surface area contributed by atoms with Crippen LogP contribution in [-0.4, -0.2) is 31.9 Å². The number of ketones is 1. The second-order valence-electron chi connectivity index (χ2n) is 8.75. The van der Waals surface area contributed by atoms with Gasteiger partial charge in [-0.15, -0.1) is 0 Å². The van der Waals surface area contributed by atoms with E-state index in [9.17, 15) is 14.4 Å². The molecule has 32 heavy (non-hydrogen) atoms. The van der Waals surface area contributed by atoms with Gasteiger partial charge in [-0.2, -0.15) is 0 Å². The lowest BCUT2D eigenvalue weighted by Crippen LogP contribution is -2.18. The number of methoxy groups -OCH3 is 2. The van der Waals surface area contributed by atoms with Gasteiger partial charge in [0.1, 0.15) is 5.78 Å². The van der Waals surface area contributed by atoms with E-state index in [1.54, 1.807) is 0 Å². The van der Waals surface area contributed by atoms with Crippen molar-refractivity contribution in [1.29, 1.82) is 0 Å². The first-order valence-corrected chi connectivity index (χ1v) is 11.2. The summed E-state index contributed by atoms with van der Waals surface area (Å²) in [6, 6.07) is 15.8. The molecule has 1 aliphatic rings. The second-order valence-corrected chi connectivity index (χ2v) is 8.75. The van der Waals surface area contributed by atoms with Gasteiger partial charge in [-0.25, -0.2) is 0 Å². The minimum absolute atomic E-state index is 0.0440. The molecule has 0 bridgehead atoms. The van der Waals surface area contributed by atoms with E-state index >= 15 is 0 Å². The number of hydrogen-bond acceptors (Lipinski definition) is 5. The first-order valence-electron chi connectivity index (χ1n) is 11.2. The van der Waals surface area contributed by atoms with Crippen LogP contribution >= 0.6 is 0 Å². The highest BCUT2D eigenvalue weighted by Crippen LogP contribution is 2.33. The van der Waals surface area contributed by atoms with E-state index in [-0.39, 0.29) is 35.6 Å². The lowest BCUT2D eigenvalue weighted by atomic mass is 9.91. The number of benzene rings is 2. The van der Waals surface area contributed by atoms with Crippen LogP contribution < -0.4 is 0 Å². The third kappa shape index (κ3) is 5.45. The summed E-state index contributed by atoms with van der Waals surface area (Å²) in [4.78, 5) is 36.4. The monoisotopic (exact) mass is 436 g/mol. The predicted molar refractivity (Wildman–Crippen MR) is 122 cm³/mol. The highest BCUT2D eigenvalue weighted by molar-refractivity contribution is 5.86. The van der Waals surface area contributed by atoms with Gasteiger partial charge in [0, 0.05) is 11.8 Å². The number of esters is 2. The standard InChI is InChI=1S/C27H32O5/c1-17(26(29)31-3)21-9-5-19(6-10-21)15-23-13-14-24(25(23)28)16-20-7-11-22(12-8-20)18(2)27(30)32-4/h5-12,17-18,23-24H,13-16H2,1-4H3. The average molecular weight is 437 g/mol. The zero-order valence-electron chi connectivity index (χ0n) is 19.3. The quantitative estimate of drug-likeness (QED) is 0.565. The lowest BCUT2D eigenvalue weighted by molar-refractivity contribution is -0.142. The summed E-state index contributed by atoms with van der Waals surface area (Å²) in [6.45, 7) is 3.66. The van der Waals surface area contributed by atoms with Crippen LogP contribution in [0.4, 0.5) is 0 Å². The molecule has 2 aromatic carbocycles. The van der Waals surface area contributed by atoms with Crippen LogP contribution in [0.15, 0.2) is 48.5 Å². The fraction of sp³-hybridized carbons (Fsp3) is 0.444. The molecule has 0 N–H and O–H groups in total. The molecule has 0 aliphatic heterocycles. The summed E-state index contributed by atoms with van der Waals surface area (Å²) in [5, 5.41) is 0. The van der Waals surface area contributed by atoms with Gasteiger partial charge in [-0.3, -0.25) is 14.4 Å². The first-order chi connectivity index (χ1) is 15.3. The van der Waals surface area contributed by atoms with Gasteiger partial charge in [0.05, 0.1) is 26.1 Å². The van der Waals surface area contributed by atoms with Crippen molar-refractivity contribution in [2.45, 2.75) is 51.4 Å². The first kappa shape index (κ1) is 23.7. The number of ether oxygens (including phenoxy) is 2. The largest absolute Gasteiger partial charge is 0.469 e. The number of Topliss-reactive ketones (excluding diaryl/α,β-unsaturated/α-hetero) is 1. The Kier molecular flexibility index (Phi) is 7.84. The molecule has 2 aromatic rings. The van der Waals surface area contributed by atoms with Crippen LogP contribution in [-0.2, 0) is 36.7 Å². The molecule has 1 fully saturated rings. The van der Waals surface area contributed by atoms with Crippen molar-refractivity contribution >= 4 is 17.7 Å². The lowest BCUT2D eigenvalue weighted by Gasteiger charge is -2.14. The second kappa shape index (κ2) is 10.6. The van der Waals surface area contributed by atoms with E-state index in [4.69, 9.17) is 9.47 Å². The van der Waals surface area contributed by atoms with E-state index in [0.717, 1.165) is 47.9 Å². The van der Waals surface area contributed by atoms with Crippen molar-refractivity contribution in [3.8, 4) is 0 Å². The summed E-state index contributed by atoms with van der Waals surface area (Å²) in [7, 11) is 2.79. The zero-order chi connectivity index (χ0) is 23.3. The van der Waals surface area contributed by atoms with E-state index in [0.29, 0.717) is 5.78 Å². The van der Waals surface area contributed by atoms with Crippen LogP contribution in [0.2, 0.25) is 0 Å². The minimum Gasteiger partial charge on any atom is -0.469 e. The normalized spacial score (nSPS) is 19.9. The summed E-state index contributed by atoms with van der Waals surface area (Å²) >= 11 is 0. The van der Waals surface area contributed by atoms with Gasteiger partial charge in [0.25, 0.3) is 0 Å². The average Bonchev–Trinajstić information content (AvgIpc) is 3.16. The molecular weight excluding hydrogens is 404 g/mol. The number of hydrogen-bond donors (Lipinski definition) is 0. The van der Waals surface area contributed by atoms with E-state index in [1.807, 2.05) is 62.4 Å². The maximum Gasteiger partial charge on any atom is 0.312 e. The van der Waals surface area contributed by atoms with Gasteiger partial charge >= 0.3 is 11.9 Å². The molecule has 4 unspecified atom stereocenters. The number of rotatable bonds is 8. The maximum atomic E-state index is 13.0. The molecular formula is C27H32O5. The Hall–Kier alpha value is -2.95. The minimum atomic E-state index is -0.298. The molecule has 0 spiro atoms. The Morgan fingerprint density at radius 3 is 1.41 bits per heavy atom. The zero-order valence-corrected chi connectivity index (χ0v) is 19.3.